The molecular weight excluding hydrogens is 321 g/mol. The Bertz CT molecular complexity index is 857. The van der Waals surface area contributed by atoms with Crippen LogP contribution in [-0.4, -0.2) is 16.8 Å². The van der Waals surface area contributed by atoms with Gasteiger partial charge in [0.2, 0.25) is 11.8 Å². The van der Waals surface area contributed by atoms with E-state index in [4.69, 9.17) is 11.6 Å². The standard InChI is InChI=1S/C16H11ClFN3O2/c17-8-1-2-12-10(5-8)16(15(23)20-12)7-11(16)14(22)21-13-6-9(18)3-4-19-13/h1-6,11H,7H2,(H,20,23)(H,19,21,22)/t11-,16+/m1/s1. The second-order valence-corrected chi connectivity index (χ2v) is 6.16. The van der Waals surface area contributed by atoms with Crippen LogP contribution in [0.2, 0.25) is 5.02 Å². The van der Waals surface area contributed by atoms with Crippen LogP contribution in [0.1, 0.15) is 12.0 Å². The molecule has 5 nitrogen and oxygen atoms in total. The maximum absolute atomic E-state index is 13.2. The van der Waals surface area contributed by atoms with Crippen molar-refractivity contribution in [1.82, 2.24) is 4.98 Å². The lowest BCUT2D eigenvalue weighted by Gasteiger charge is -2.09. The first-order chi connectivity index (χ1) is 11.0. The molecule has 4 rings (SSSR count). The fourth-order valence-electron chi connectivity index (χ4n) is 3.17. The third-order valence-electron chi connectivity index (χ3n) is 4.37. The third-order valence-corrected chi connectivity index (χ3v) is 4.60. The van der Waals surface area contributed by atoms with Crippen LogP contribution in [0.5, 0.6) is 0 Å². The van der Waals surface area contributed by atoms with E-state index in [1.165, 1.54) is 12.3 Å². The molecule has 2 atom stereocenters. The van der Waals surface area contributed by atoms with Crippen LogP contribution in [0.4, 0.5) is 15.9 Å². The average molecular weight is 332 g/mol. The van der Waals surface area contributed by atoms with Gasteiger partial charge in [0.25, 0.3) is 0 Å². The minimum atomic E-state index is -0.877. The Labute approximate surface area is 135 Å². The molecule has 7 heteroatoms. The van der Waals surface area contributed by atoms with E-state index >= 15 is 0 Å². The summed E-state index contributed by atoms with van der Waals surface area (Å²) in [4.78, 5) is 28.6. The Morgan fingerprint density at radius 1 is 1.39 bits per heavy atom. The highest BCUT2D eigenvalue weighted by Crippen LogP contribution is 2.60. The first kappa shape index (κ1) is 14.1. The summed E-state index contributed by atoms with van der Waals surface area (Å²) in [5, 5.41) is 5.85. The first-order valence-electron chi connectivity index (χ1n) is 7.04. The lowest BCUT2D eigenvalue weighted by molar-refractivity contribution is -0.122. The van der Waals surface area contributed by atoms with E-state index in [1.807, 2.05) is 0 Å². The number of nitrogens with zero attached hydrogens (tertiary/aromatic N) is 1. The SMILES string of the molecule is O=C(Nc1cc(F)ccn1)[C@H]1C[C@@]12C(=O)Nc1ccc(Cl)cc12. The number of carbonyl (C=O) groups is 2. The summed E-state index contributed by atoms with van der Waals surface area (Å²) in [6.07, 6.45) is 1.66. The van der Waals surface area contributed by atoms with E-state index in [1.54, 1.807) is 18.2 Å². The van der Waals surface area contributed by atoms with Gasteiger partial charge < -0.3 is 10.6 Å². The number of rotatable bonds is 2. The lowest BCUT2D eigenvalue weighted by atomic mass is 9.94. The Hall–Kier alpha value is -2.47. The molecule has 2 amide bonds. The van der Waals surface area contributed by atoms with Crippen LogP contribution in [0.25, 0.3) is 0 Å². The van der Waals surface area contributed by atoms with Gasteiger partial charge in [-0.25, -0.2) is 9.37 Å². The molecule has 2 heterocycles. The fraction of sp³-hybridized carbons (Fsp3) is 0.188. The van der Waals surface area contributed by atoms with Gasteiger partial charge in [0.1, 0.15) is 11.6 Å². The van der Waals surface area contributed by atoms with Gasteiger partial charge in [0.05, 0.1) is 11.3 Å². The summed E-state index contributed by atoms with van der Waals surface area (Å²) < 4.78 is 13.2. The van der Waals surface area contributed by atoms with Gasteiger partial charge in [0, 0.05) is 23.0 Å². The van der Waals surface area contributed by atoms with Gasteiger partial charge in [-0.15, -0.1) is 0 Å². The topological polar surface area (TPSA) is 71.1 Å². The number of aromatic nitrogens is 1. The first-order valence-corrected chi connectivity index (χ1v) is 7.42. The number of benzene rings is 1. The van der Waals surface area contributed by atoms with Gasteiger partial charge in [-0.3, -0.25) is 9.59 Å². The van der Waals surface area contributed by atoms with Crippen molar-refractivity contribution >= 4 is 34.9 Å². The minimum absolute atomic E-state index is 0.127. The lowest BCUT2D eigenvalue weighted by Crippen LogP contribution is -2.27. The summed E-state index contributed by atoms with van der Waals surface area (Å²) in [5.74, 6) is -1.45. The number of amides is 2. The van der Waals surface area contributed by atoms with Crippen molar-refractivity contribution in [3.8, 4) is 0 Å². The van der Waals surface area contributed by atoms with Gasteiger partial charge >= 0.3 is 0 Å². The number of hydrogen-bond acceptors (Lipinski definition) is 3. The number of fused-ring (bicyclic) bond motifs is 2. The summed E-state index contributed by atoms with van der Waals surface area (Å²) in [7, 11) is 0. The summed E-state index contributed by atoms with van der Waals surface area (Å²) >= 11 is 6.01. The second-order valence-electron chi connectivity index (χ2n) is 5.72. The highest BCUT2D eigenvalue weighted by Gasteiger charge is 2.67. The largest absolute Gasteiger partial charge is 0.325 e. The van der Waals surface area contributed by atoms with Gasteiger partial charge in [-0.05, 0) is 36.2 Å². The van der Waals surface area contributed by atoms with Crippen molar-refractivity contribution in [2.24, 2.45) is 5.92 Å². The molecule has 0 radical (unpaired) electrons. The van der Waals surface area contributed by atoms with Crippen LogP contribution in [-0.2, 0) is 15.0 Å². The van der Waals surface area contributed by atoms with Crippen LogP contribution in [0.3, 0.4) is 0 Å². The second kappa shape index (κ2) is 4.76. The maximum Gasteiger partial charge on any atom is 0.235 e. The maximum atomic E-state index is 13.2. The number of pyridine rings is 1. The molecule has 0 bridgehead atoms. The molecule has 1 aromatic carbocycles. The Balaban J connectivity index is 1.61. The smallest absolute Gasteiger partial charge is 0.235 e. The molecule has 0 saturated heterocycles. The number of hydrogen-bond donors (Lipinski definition) is 2. The van der Waals surface area contributed by atoms with Crippen molar-refractivity contribution in [2.75, 3.05) is 10.6 Å². The molecule has 2 aliphatic rings. The Kier molecular flexibility index (Phi) is 2.93. The Morgan fingerprint density at radius 2 is 2.22 bits per heavy atom. The van der Waals surface area contributed by atoms with E-state index in [9.17, 15) is 14.0 Å². The van der Waals surface area contributed by atoms with Crippen molar-refractivity contribution < 1.29 is 14.0 Å². The quantitative estimate of drug-likeness (QED) is 0.889. The molecule has 1 fully saturated rings. The van der Waals surface area contributed by atoms with Crippen LogP contribution >= 0.6 is 11.6 Å². The van der Waals surface area contributed by atoms with Gasteiger partial charge in [-0.1, -0.05) is 11.6 Å². The number of carbonyl (C=O) groups excluding carboxylic acids is 2. The van der Waals surface area contributed by atoms with Crippen LogP contribution in [0.15, 0.2) is 36.5 Å². The minimum Gasteiger partial charge on any atom is -0.325 e. The van der Waals surface area contributed by atoms with E-state index < -0.39 is 17.2 Å². The van der Waals surface area contributed by atoms with E-state index in [0.29, 0.717) is 17.1 Å². The summed E-state index contributed by atoms with van der Waals surface area (Å²) in [6.45, 7) is 0. The fourth-order valence-corrected chi connectivity index (χ4v) is 3.34. The molecule has 2 aromatic rings. The zero-order valence-electron chi connectivity index (χ0n) is 11.8. The molecule has 1 aromatic heterocycles. The van der Waals surface area contributed by atoms with E-state index in [2.05, 4.69) is 15.6 Å². The van der Waals surface area contributed by atoms with Gasteiger partial charge in [-0.2, -0.15) is 0 Å². The van der Waals surface area contributed by atoms with Crippen molar-refractivity contribution in [2.45, 2.75) is 11.8 Å². The third kappa shape index (κ3) is 2.09. The number of halogens is 2. The molecule has 1 aliphatic carbocycles. The molecular formula is C16H11ClFN3O2. The van der Waals surface area contributed by atoms with E-state index in [-0.39, 0.29) is 17.6 Å². The van der Waals surface area contributed by atoms with E-state index in [0.717, 1.165) is 11.6 Å². The monoisotopic (exact) mass is 331 g/mol. The molecule has 1 aliphatic heterocycles. The predicted molar refractivity (Wildman–Crippen MR) is 82.7 cm³/mol. The normalized spacial score (nSPS) is 24.3. The molecule has 1 saturated carbocycles. The molecule has 23 heavy (non-hydrogen) atoms. The summed E-state index contributed by atoms with van der Waals surface area (Å²) in [5.41, 5.74) is 0.540. The molecule has 1 spiro atoms. The zero-order valence-corrected chi connectivity index (χ0v) is 12.5. The Morgan fingerprint density at radius 3 is 3.00 bits per heavy atom. The molecule has 116 valence electrons. The highest BCUT2D eigenvalue weighted by atomic mass is 35.5. The molecule has 0 unspecified atom stereocenters. The van der Waals surface area contributed by atoms with Crippen molar-refractivity contribution in [3.05, 3.63) is 52.9 Å². The summed E-state index contributed by atoms with van der Waals surface area (Å²) in [6, 6.07) is 7.45. The number of nitrogens with one attached hydrogen (secondary N) is 2. The van der Waals surface area contributed by atoms with Crippen LogP contribution in [0, 0.1) is 11.7 Å². The van der Waals surface area contributed by atoms with Gasteiger partial charge in [0.15, 0.2) is 0 Å². The highest BCUT2D eigenvalue weighted by molar-refractivity contribution is 6.31. The van der Waals surface area contributed by atoms with Crippen LogP contribution < -0.4 is 10.6 Å². The number of anilines is 2. The zero-order chi connectivity index (χ0) is 16.2. The van der Waals surface area contributed by atoms with Crippen molar-refractivity contribution in [3.63, 3.8) is 0 Å². The molecule has 2 N–H and O–H groups in total. The average Bonchev–Trinajstić information content (AvgIpc) is 3.20. The van der Waals surface area contributed by atoms with Crippen molar-refractivity contribution in [1.29, 1.82) is 0 Å². The predicted octanol–water partition coefficient (Wildman–Crippen LogP) is 2.72.